The second-order valence-electron chi connectivity index (χ2n) is 6.57. The molecule has 2 rings (SSSR count). The minimum Gasteiger partial charge on any atom is -0.353 e. The maximum absolute atomic E-state index is 12.6. The number of aryl methyl sites for hydroxylation is 1. The van der Waals surface area contributed by atoms with Crippen LogP contribution in [0, 0.1) is 12.8 Å². The van der Waals surface area contributed by atoms with Crippen molar-refractivity contribution in [1.29, 1.82) is 0 Å². The normalized spacial score (nSPS) is 13.8. The average molecular weight is 382 g/mol. The third-order valence-electron chi connectivity index (χ3n) is 4.45. The van der Waals surface area contributed by atoms with E-state index in [9.17, 15) is 9.59 Å². The third-order valence-corrected chi connectivity index (χ3v) is 6.36. The number of thiophene rings is 1. The van der Waals surface area contributed by atoms with Gasteiger partial charge in [-0.1, -0.05) is 39.0 Å². The molecule has 2 aromatic heterocycles. The van der Waals surface area contributed by atoms with Gasteiger partial charge in [0, 0.05) is 10.9 Å². The van der Waals surface area contributed by atoms with Crippen molar-refractivity contribution in [3.63, 3.8) is 0 Å². The van der Waals surface area contributed by atoms with E-state index in [1.807, 2.05) is 13.8 Å². The van der Waals surface area contributed by atoms with E-state index in [-0.39, 0.29) is 23.3 Å². The van der Waals surface area contributed by atoms with Crippen molar-refractivity contribution in [3.05, 3.63) is 20.8 Å². The van der Waals surface area contributed by atoms with Crippen molar-refractivity contribution in [2.24, 2.45) is 5.92 Å². The molecule has 0 radical (unpaired) electrons. The van der Waals surface area contributed by atoms with Gasteiger partial charge in [-0.25, -0.2) is 4.98 Å². The Morgan fingerprint density at radius 1 is 1.32 bits per heavy atom. The molecular weight excluding hydrogens is 354 g/mol. The zero-order valence-electron chi connectivity index (χ0n) is 15.6. The summed E-state index contributed by atoms with van der Waals surface area (Å²) < 4.78 is 0. The first kappa shape index (κ1) is 20.0. The first-order chi connectivity index (χ1) is 11.8. The lowest BCUT2D eigenvalue weighted by molar-refractivity contribution is -0.119. The Morgan fingerprint density at radius 2 is 2.04 bits per heavy atom. The molecule has 0 saturated heterocycles. The summed E-state index contributed by atoms with van der Waals surface area (Å²) in [5, 5.41) is 4.14. The highest BCUT2D eigenvalue weighted by Gasteiger charge is 2.17. The number of carbonyl (C=O) groups excluding carboxylic acids is 1. The van der Waals surface area contributed by atoms with Crippen LogP contribution in [-0.4, -0.2) is 27.7 Å². The second-order valence-corrected chi connectivity index (χ2v) is 8.74. The summed E-state index contributed by atoms with van der Waals surface area (Å²) in [4.78, 5) is 33.8. The summed E-state index contributed by atoms with van der Waals surface area (Å²) in [5.41, 5.74) is 1.02. The number of fused-ring (bicyclic) bond motifs is 1. The number of nitrogens with zero attached hydrogens (tertiary/aromatic N) is 1. The quantitative estimate of drug-likeness (QED) is 0.537. The summed E-state index contributed by atoms with van der Waals surface area (Å²) >= 11 is 2.83. The smallest absolute Gasteiger partial charge is 0.260 e. The van der Waals surface area contributed by atoms with Crippen LogP contribution in [-0.2, 0) is 11.2 Å². The van der Waals surface area contributed by atoms with Crippen LogP contribution in [0.25, 0.3) is 10.2 Å². The van der Waals surface area contributed by atoms with Gasteiger partial charge in [-0.05, 0) is 38.2 Å². The monoisotopic (exact) mass is 381 g/mol. The molecule has 0 aliphatic rings. The topological polar surface area (TPSA) is 74.8 Å². The Bertz CT molecular complexity index is 797. The maximum Gasteiger partial charge on any atom is 0.260 e. The van der Waals surface area contributed by atoms with Crippen molar-refractivity contribution in [1.82, 2.24) is 15.3 Å². The maximum atomic E-state index is 12.6. The summed E-state index contributed by atoms with van der Waals surface area (Å²) in [6.07, 6.45) is 2.88. The molecule has 0 fully saturated rings. The zero-order chi connectivity index (χ0) is 18.6. The van der Waals surface area contributed by atoms with Crippen LogP contribution in [0.2, 0.25) is 0 Å². The number of carbonyl (C=O) groups is 1. The van der Waals surface area contributed by atoms with Gasteiger partial charge in [0.1, 0.15) is 4.83 Å². The summed E-state index contributed by atoms with van der Waals surface area (Å²) in [6.45, 7) is 10.4. The predicted molar refractivity (Wildman–Crippen MR) is 107 cm³/mol. The van der Waals surface area contributed by atoms with Gasteiger partial charge in [0.2, 0.25) is 5.91 Å². The molecule has 7 heteroatoms. The van der Waals surface area contributed by atoms with E-state index in [0.29, 0.717) is 11.1 Å². The molecule has 2 aromatic rings. The molecular formula is C18H27N3O2S2. The molecule has 25 heavy (non-hydrogen) atoms. The third kappa shape index (κ3) is 5.07. The van der Waals surface area contributed by atoms with Gasteiger partial charge < -0.3 is 10.3 Å². The average Bonchev–Trinajstić information content (AvgIpc) is 2.88. The summed E-state index contributed by atoms with van der Waals surface area (Å²) in [7, 11) is 0. The minimum atomic E-state index is -0.0995. The summed E-state index contributed by atoms with van der Waals surface area (Å²) in [6, 6.07) is 0.158. The van der Waals surface area contributed by atoms with Crippen LogP contribution in [0.15, 0.2) is 9.95 Å². The molecule has 0 aromatic carbocycles. The van der Waals surface area contributed by atoms with Gasteiger partial charge in [-0.3, -0.25) is 9.59 Å². The number of hydrogen-bond acceptors (Lipinski definition) is 5. The van der Waals surface area contributed by atoms with Crippen LogP contribution >= 0.6 is 23.1 Å². The van der Waals surface area contributed by atoms with Crippen LogP contribution in [0.5, 0.6) is 0 Å². The van der Waals surface area contributed by atoms with Crippen LogP contribution in [0.4, 0.5) is 0 Å². The lowest BCUT2D eigenvalue weighted by Crippen LogP contribution is -2.33. The van der Waals surface area contributed by atoms with Crippen LogP contribution < -0.4 is 10.9 Å². The van der Waals surface area contributed by atoms with Gasteiger partial charge in [-0.2, -0.15) is 0 Å². The molecule has 0 spiro atoms. The first-order valence-corrected chi connectivity index (χ1v) is 10.6. The van der Waals surface area contributed by atoms with E-state index in [4.69, 9.17) is 0 Å². The fourth-order valence-corrected chi connectivity index (χ4v) is 4.30. The van der Waals surface area contributed by atoms with E-state index >= 15 is 0 Å². The molecule has 2 N–H and O–H groups in total. The lowest BCUT2D eigenvalue weighted by atomic mass is 9.98. The Balaban J connectivity index is 2.19. The van der Waals surface area contributed by atoms with E-state index in [1.165, 1.54) is 11.8 Å². The van der Waals surface area contributed by atoms with Gasteiger partial charge in [0.25, 0.3) is 5.56 Å². The summed E-state index contributed by atoms with van der Waals surface area (Å²) in [5.74, 6) is 0.749. The van der Waals surface area contributed by atoms with E-state index in [1.54, 1.807) is 11.3 Å². The van der Waals surface area contributed by atoms with E-state index < -0.39 is 0 Å². The second kappa shape index (κ2) is 8.85. The largest absolute Gasteiger partial charge is 0.353 e. The Labute approximate surface area is 157 Å². The lowest BCUT2D eigenvalue weighted by Gasteiger charge is -2.10. The van der Waals surface area contributed by atoms with E-state index in [2.05, 4.69) is 36.1 Å². The molecule has 2 unspecified atom stereocenters. The molecule has 0 saturated carbocycles. The van der Waals surface area contributed by atoms with Crippen molar-refractivity contribution < 1.29 is 4.79 Å². The molecule has 5 nitrogen and oxygen atoms in total. The fraction of sp³-hybridized carbons (Fsp3) is 0.611. The minimum absolute atomic E-state index is 0.0399. The molecule has 2 heterocycles. The standard InChI is InChI=1S/C18H27N3O2S2/c1-6-10(3)8-13-12(5)25-17-15(13)16(23)20-18(21-17)24-9-14(22)19-11(4)7-2/h10-11H,6-9H2,1-5H3,(H,19,22)(H,20,21,23). The first-order valence-electron chi connectivity index (χ1n) is 8.80. The number of H-pyrrole nitrogens is 1. The number of amides is 1. The SMILES string of the molecule is CCC(C)Cc1c(C)sc2nc(SCC(=O)NC(C)CC)[nH]c(=O)c12. The van der Waals surface area contributed by atoms with Crippen LogP contribution in [0.3, 0.4) is 0 Å². The number of nitrogens with one attached hydrogen (secondary N) is 2. The van der Waals surface area contributed by atoms with Crippen LogP contribution in [0.1, 0.15) is 51.0 Å². The fourth-order valence-electron chi connectivity index (χ4n) is 2.51. The molecule has 2 atom stereocenters. The van der Waals surface area contributed by atoms with Gasteiger partial charge >= 0.3 is 0 Å². The van der Waals surface area contributed by atoms with Crippen molar-refractivity contribution in [2.45, 2.75) is 65.1 Å². The number of hydrogen-bond donors (Lipinski definition) is 2. The highest BCUT2D eigenvalue weighted by atomic mass is 32.2. The molecule has 138 valence electrons. The number of aromatic amines is 1. The highest BCUT2D eigenvalue weighted by molar-refractivity contribution is 7.99. The van der Waals surface area contributed by atoms with Gasteiger partial charge in [-0.15, -0.1) is 11.3 Å². The van der Waals surface area contributed by atoms with Crippen molar-refractivity contribution in [2.75, 3.05) is 5.75 Å². The highest BCUT2D eigenvalue weighted by Crippen LogP contribution is 2.30. The number of aromatic nitrogens is 2. The van der Waals surface area contributed by atoms with Crippen molar-refractivity contribution in [3.8, 4) is 0 Å². The molecule has 0 aliphatic heterocycles. The van der Waals surface area contributed by atoms with Crippen molar-refractivity contribution >= 4 is 39.2 Å². The number of rotatable bonds is 8. The van der Waals surface area contributed by atoms with Gasteiger partial charge in [0.05, 0.1) is 11.1 Å². The predicted octanol–water partition coefficient (Wildman–Crippen LogP) is 3.89. The number of thioether (sulfide) groups is 1. The molecule has 0 aliphatic carbocycles. The Kier molecular flexibility index (Phi) is 7.07. The zero-order valence-corrected chi connectivity index (χ0v) is 17.2. The Hall–Kier alpha value is -1.34. The Morgan fingerprint density at radius 3 is 2.68 bits per heavy atom. The molecule has 0 bridgehead atoms. The molecule has 1 amide bonds. The van der Waals surface area contributed by atoms with Gasteiger partial charge in [0.15, 0.2) is 5.16 Å². The van der Waals surface area contributed by atoms with E-state index in [0.717, 1.165) is 39.9 Å².